The predicted octanol–water partition coefficient (Wildman–Crippen LogP) is 1.77. The quantitative estimate of drug-likeness (QED) is 0.520. The highest BCUT2D eigenvalue weighted by molar-refractivity contribution is 5.94. The normalized spacial score (nSPS) is 16.1. The molecule has 0 atom stereocenters. The van der Waals surface area contributed by atoms with Gasteiger partial charge in [0.2, 0.25) is 0 Å². The molecule has 0 saturated carbocycles. The minimum absolute atomic E-state index is 0.201. The molecule has 0 bridgehead atoms. The Kier molecular flexibility index (Phi) is 5.03. The molecular weight excluding hydrogens is 264 g/mol. The molecular formula is C14H19F2N3O. The van der Waals surface area contributed by atoms with Crippen molar-refractivity contribution in [2.24, 2.45) is 5.84 Å². The third kappa shape index (κ3) is 3.74. The van der Waals surface area contributed by atoms with Crippen LogP contribution in [0.25, 0.3) is 0 Å². The van der Waals surface area contributed by atoms with Crippen LogP contribution < -0.4 is 5.84 Å². The molecule has 0 radical (unpaired) electrons. The molecule has 1 aromatic rings. The number of piperidine rings is 1. The lowest BCUT2D eigenvalue weighted by atomic mass is 10.1. The third-order valence-corrected chi connectivity index (χ3v) is 3.53. The Hall–Kier alpha value is -1.53. The van der Waals surface area contributed by atoms with Crippen molar-refractivity contribution >= 4 is 5.91 Å². The molecule has 2 N–H and O–H groups in total. The number of hydrogen-bond acceptors (Lipinski definition) is 3. The molecule has 1 heterocycles. The average molecular weight is 283 g/mol. The van der Waals surface area contributed by atoms with E-state index in [1.165, 1.54) is 6.42 Å². The average Bonchev–Trinajstić information content (AvgIpc) is 2.45. The maximum atomic E-state index is 13.5. The highest BCUT2D eigenvalue weighted by Crippen LogP contribution is 2.12. The van der Waals surface area contributed by atoms with Crippen LogP contribution in [0.4, 0.5) is 8.78 Å². The largest absolute Gasteiger partial charge is 0.302 e. The number of likely N-dealkylation sites (tertiary alicyclic amines) is 1. The van der Waals surface area contributed by atoms with Gasteiger partial charge in [0, 0.05) is 12.6 Å². The van der Waals surface area contributed by atoms with E-state index >= 15 is 0 Å². The second kappa shape index (κ2) is 6.76. The van der Waals surface area contributed by atoms with E-state index in [0.29, 0.717) is 19.2 Å². The number of hydrogen-bond donors (Lipinski definition) is 1. The van der Waals surface area contributed by atoms with Gasteiger partial charge in [-0.2, -0.15) is 0 Å². The van der Waals surface area contributed by atoms with E-state index in [1.54, 1.807) is 0 Å². The van der Waals surface area contributed by atoms with Crippen LogP contribution in [-0.2, 0) is 0 Å². The first-order valence-electron chi connectivity index (χ1n) is 6.82. The first kappa shape index (κ1) is 14.9. The van der Waals surface area contributed by atoms with Crippen molar-refractivity contribution in [1.82, 2.24) is 9.91 Å². The number of nitrogens with two attached hydrogens (primary N) is 1. The molecule has 0 unspecified atom stereocenters. The Balaban J connectivity index is 1.90. The van der Waals surface area contributed by atoms with Crippen molar-refractivity contribution < 1.29 is 13.6 Å². The molecule has 1 saturated heterocycles. The van der Waals surface area contributed by atoms with Crippen molar-refractivity contribution in [2.45, 2.75) is 19.3 Å². The first-order chi connectivity index (χ1) is 9.58. The van der Waals surface area contributed by atoms with Gasteiger partial charge in [-0.05, 0) is 38.1 Å². The molecule has 0 aromatic heterocycles. The number of hydrazine groups is 1. The maximum absolute atomic E-state index is 13.5. The Labute approximate surface area is 117 Å². The van der Waals surface area contributed by atoms with Crippen LogP contribution in [0.15, 0.2) is 18.2 Å². The fourth-order valence-corrected chi connectivity index (χ4v) is 2.35. The topological polar surface area (TPSA) is 49.6 Å². The van der Waals surface area contributed by atoms with E-state index in [0.717, 1.165) is 43.1 Å². The van der Waals surface area contributed by atoms with Gasteiger partial charge >= 0.3 is 0 Å². The standard InChI is InChI=1S/C14H19F2N3O/c15-11-4-5-12(13(16)10-11)14(20)19(17)9-8-18-6-2-1-3-7-18/h4-5,10H,1-3,6-9,17H2. The van der Waals surface area contributed by atoms with Crippen LogP contribution in [0.1, 0.15) is 29.6 Å². The van der Waals surface area contributed by atoms with Crippen LogP contribution >= 0.6 is 0 Å². The minimum atomic E-state index is -0.886. The number of benzene rings is 1. The summed E-state index contributed by atoms with van der Waals surface area (Å²) in [5, 5.41) is 0.991. The maximum Gasteiger partial charge on any atom is 0.270 e. The number of carbonyl (C=O) groups is 1. The summed E-state index contributed by atoms with van der Waals surface area (Å²) < 4.78 is 26.3. The van der Waals surface area contributed by atoms with Crippen LogP contribution in [0.5, 0.6) is 0 Å². The summed E-state index contributed by atoms with van der Waals surface area (Å²) in [5.41, 5.74) is -0.201. The van der Waals surface area contributed by atoms with Gasteiger partial charge in [0.15, 0.2) is 0 Å². The summed E-state index contributed by atoms with van der Waals surface area (Å²) in [6.07, 6.45) is 3.55. The van der Waals surface area contributed by atoms with Gasteiger partial charge in [0.05, 0.1) is 12.1 Å². The predicted molar refractivity (Wildman–Crippen MR) is 71.9 cm³/mol. The van der Waals surface area contributed by atoms with Crippen molar-refractivity contribution in [3.05, 3.63) is 35.4 Å². The van der Waals surface area contributed by atoms with Gasteiger partial charge in [-0.15, -0.1) is 0 Å². The molecule has 0 aliphatic carbocycles. The van der Waals surface area contributed by atoms with Gasteiger partial charge in [-0.25, -0.2) is 14.6 Å². The Morgan fingerprint density at radius 2 is 1.95 bits per heavy atom. The van der Waals surface area contributed by atoms with E-state index in [1.807, 2.05) is 0 Å². The number of rotatable bonds is 4. The molecule has 1 aliphatic rings. The molecule has 6 heteroatoms. The molecule has 1 fully saturated rings. The molecule has 0 spiro atoms. The lowest BCUT2D eigenvalue weighted by Crippen LogP contribution is -2.44. The zero-order valence-electron chi connectivity index (χ0n) is 11.3. The van der Waals surface area contributed by atoms with E-state index in [-0.39, 0.29) is 5.56 Å². The zero-order chi connectivity index (χ0) is 14.5. The van der Waals surface area contributed by atoms with Crippen LogP contribution in [0.2, 0.25) is 0 Å². The fraction of sp³-hybridized carbons (Fsp3) is 0.500. The van der Waals surface area contributed by atoms with E-state index in [2.05, 4.69) is 4.90 Å². The van der Waals surface area contributed by atoms with Crippen molar-refractivity contribution in [3.63, 3.8) is 0 Å². The van der Waals surface area contributed by atoms with Gasteiger partial charge in [0.1, 0.15) is 11.6 Å². The van der Waals surface area contributed by atoms with Crippen molar-refractivity contribution in [1.29, 1.82) is 0 Å². The van der Waals surface area contributed by atoms with Gasteiger partial charge in [-0.3, -0.25) is 9.80 Å². The molecule has 1 aromatic carbocycles. The minimum Gasteiger partial charge on any atom is -0.302 e. The van der Waals surface area contributed by atoms with Crippen molar-refractivity contribution in [2.75, 3.05) is 26.2 Å². The Morgan fingerprint density at radius 3 is 2.60 bits per heavy atom. The zero-order valence-corrected chi connectivity index (χ0v) is 11.3. The Bertz CT molecular complexity index is 475. The number of halogens is 2. The first-order valence-corrected chi connectivity index (χ1v) is 6.82. The second-order valence-corrected chi connectivity index (χ2v) is 5.03. The van der Waals surface area contributed by atoms with Gasteiger partial charge in [-0.1, -0.05) is 6.42 Å². The van der Waals surface area contributed by atoms with Crippen LogP contribution in [0.3, 0.4) is 0 Å². The second-order valence-electron chi connectivity index (χ2n) is 5.03. The van der Waals surface area contributed by atoms with E-state index in [4.69, 9.17) is 5.84 Å². The lowest BCUT2D eigenvalue weighted by Gasteiger charge is -2.28. The van der Waals surface area contributed by atoms with Crippen LogP contribution in [-0.4, -0.2) is 42.0 Å². The number of carbonyl (C=O) groups excluding carboxylic acids is 1. The molecule has 2 rings (SSSR count). The summed E-state index contributed by atoms with van der Waals surface area (Å²) in [5.74, 6) is 3.45. The van der Waals surface area contributed by atoms with E-state index < -0.39 is 17.5 Å². The van der Waals surface area contributed by atoms with Crippen molar-refractivity contribution in [3.8, 4) is 0 Å². The SMILES string of the molecule is NN(CCN1CCCCC1)C(=O)c1ccc(F)cc1F. The van der Waals surface area contributed by atoms with Gasteiger partial charge in [0.25, 0.3) is 5.91 Å². The molecule has 1 aliphatic heterocycles. The molecule has 20 heavy (non-hydrogen) atoms. The fourth-order valence-electron chi connectivity index (χ4n) is 2.35. The highest BCUT2D eigenvalue weighted by Gasteiger charge is 2.18. The smallest absolute Gasteiger partial charge is 0.270 e. The monoisotopic (exact) mass is 283 g/mol. The summed E-state index contributed by atoms with van der Waals surface area (Å²) in [6.45, 7) is 3.01. The summed E-state index contributed by atoms with van der Waals surface area (Å²) in [6, 6.07) is 2.86. The molecule has 1 amide bonds. The number of amides is 1. The highest BCUT2D eigenvalue weighted by atomic mass is 19.1. The number of nitrogens with zero attached hydrogens (tertiary/aromatic N) is 2. The van der Waals surface area contributed by atoms with E-state index in [9.17, 15) is 13.6 Å². The Morgan fingerprint density at radius 1 is 1.25 bits per heavy atom. The third-order valence-electron chi connectivity index (χ3n) is 3.53. The lowest BCUT2D eigenvalue weighted by molar-refractivity contribution is 0.0724. The van der Waals surface area contributed by atoms with Gasteiger partial charge < -0.3 is 4.90 Å². The summed E-state index contributed by atoms with van der Waals surface area (Å²) >= 11 is 0. The molecule has 4 nitrogen and oxygen atoms in total. The summed E-state index contributed by atoms with van der Waals surface area (Å²) in [4.78, 5) is 14.2. The summed E-state index contributed by atoms with van der Waals surface area (Å²) in [7, 11) is 0. The molecule has 110 valence electrons. The van der Waals surface area contributed by atoms with Crippen LogP contribution in [0, 0.1) is 11.6 Å².